The van der Waals surface area contributed by atoms with Crippen LogP contribution in [0.25, 0.3) is 0 Å². The minimum atomic E-state index is 0.457. The van der Waals surface area contributed by atoms with Gasteiger partial charge in [-0.3, -0.25) is 0 Å². The highest BCUT2D eigenvalue weighted by molar-refractivity contribution is 6.20. The van der Waals surface area contributed by atoms with Crippen LogP contribution in [-0.2, 0) is 4.74 Å². The average Bonchev–Trinajstić information content (AvgIpc) is 1.99. The number of alkyl halides is 2. The second kappa shape index (κ2) is 7.64. The van der Waals surface area contributed by atoms with E-state index in [0.29, 0.717) is 17.7 Å². The monoisotopic (exact) mass is 184 g/mol. The summed E-state index contributed by atoms with van der Waals surface area (Å²) in [6, 6.07) is 0. The van der Waals surface area contributed by atoms with Crippen molar-refractivity contribution in [3.05, 3.63) is 0 Å². The van der Waals surface area contributed by atoms with Crippen LogP contribution in [0.5, 0.6) is 0 Å². The zero-order valence-corrected chi connectivity index (χ0v) is 7.79. The van der Waals surface area contributed by atoms with Crippen LogP contribution < -0.4 is 0 Å². The van der Waals surface area contributed by atoms with Crippen LogP contribution in [-0.4, -0.2) is 25.5 Å². The van der Waals surface area contributed by atoms with Crippen LogP contribution in [0.3, 0.4) is 0 Å². The van der Waals surface area contributed by atoms with Crippen LogP contribution in [0.1, 0.15) is 12.8 Å². The summed E-state index contributed by atoms with van der Waals surface area (Å²) in [5, 5.41) is 0. The largest absolute Gasteiger partial charge is 0.385 e. The number of ether oxygens (including phenoxy) is 1. The number of methoxy groups -OCH3 is 1. The first-order valence-electron chi connectivity index (χ1n) is 3.46. The minimum absolute atomic E-state index is 0.457. The quantitative estimate of drug-likeness (QED) is 0.456. The van der Waals surface area contributed by atoms with E-state index in [1.54, 1.807) is 7.11 Å². The molecule has 1 nitrogen and oxygen atoms in total. The number of hydrogen-bond acceptors (Lipinski definition) is 1. The molecule has 0 aromatic heterocycles. The molecule has 0 radical (unpaired) electrons. The van der Waals surface area contributed by atoms with Gasteiger partial charge in [0.15, 0.2) is 0 Å². The van der Waals surface area contributed by atoms with Crippen molar-refractivity contribution in [1.29, 1.82) is 0 Å². The van der Waals surface area contributed by atoms with E-state index in [-0.39, 0.29) is 0 Å². The van der Waals surface area contributed by atoms with Gasteiger partial charge in [-0.15, -0.1) is 23.2 Å². The molecule has 0 aliphatic carbocycles. The molecule has 0 unspecified atom stereocenters. The fraction of sp³-hybridized carbons (Fsp3) is 1.00. The highest BCUT2D eigenvalue weighted by atomic mass is 35.5. The molecule has 62 valence electrons. The third-order valence-corrected chi connectivity index (χ3v) is 2.27. The fourth-order valence-electron chi connectivity index (χ4n) is 0.712. The molecule has 0 atom stereocenters. The van der Waals surface area contributed by atoms with Gasteiger partial charge in [-0.1, -0.05) is 0 Å². The van der Waals surface area contributed by atoms with Gasteiger partial charge in [0.1, 0.15) is 0 Å². The third-order valence-electron chi connectivity index (χ3n) is 1.40. The number of rotatable bonds is 6. The van der Waals surface area contributed by atoms with Crippen molar-refractivity contribution < 1.29 is 4.74 Å². The van der Waals surface area contributed by atoms with Crippen molar-refractivity contribution in [3.8, 4) is 0 Å². The molecule has 0 N–H and O–H groups in total. The lowest BCUT2D eigenvalue weighted by atomic mass is 10.1. The summed E-state index contributed by atoms with van der Waals surface area (Å²) < 4.78 is 4.90. The summed E-state index contributed by atoms with van der Waals surface area (Å²) in [7, 11) is 1.70. The molecule has 0 saturated heterocycles. The standard InChI is InChI=1S/C7H14Cl2O/c1-10-4-2-3-7(5-8)6-9/h7H,2-6H2,1H3. The topological polar surface area (TPSA) is 9.23 Å². The zero-order chi connectivity index (χ0) is 7.82. The number of hydrogen-bond donors (Lipinski definition) is 0. The first kappa shape index (κ1) is 10.5. The molecular weight excluding hydrogens is 171 g/mol. The van der Waals surface area contributed by atoms with E-state index in [0.717, 1.165) is 19.4 Å². The summed E-state index contributed by atoms with van der Waals surface area (Å²) in [5.74, 6) is 1.78. The first-order chi connectivity index (χ1) is 4.85. The molecule has 0 aromatic carbocycles. The molecule has 0 fully saturated rings. The van der Waals surface area contributed by atoms with Crippen LogP contribution in [0.4, 0.5) is 0 Å². The Morgan fingerprint density at radius 3 is 2.30 bits per heavy atom. The van der Waals surface area contributed by atoms with E-state index in [9.17, 15) is 0 Å². The molecule has 0 aliphatic heterocycles. The van der Waals surface area contributed by atoms with Crippen molar-refractivity contribution in [3.63, 3.8) is 0 Å². The van der Waals surface area contributed by atoms with E-state index in [4.69, 9.17) is 27.9 Å². The molecule has 10 heavy (non-hydrogen) atoms. The van der Waals surface area contributed by atoms with Crippen LogP contribution >= 0.6 is 23.2 Å². The van der Waals surface area contributed by atoms with Crippen molar-refractivity contribution in [1.82, 2.24) is 0 Å². The molecule has 0 heterocycles. The smallest absolute Gasteiger partial charge is 0.0462 e. The molecule has 0 rings (SSSR count). The first-order valence-corrected chi connectivity index (χ1v) is 4.53. The molecule has 0 bridgehead atoms. The summed E-state index contributed by atoms with van der Waals surface area (Å²) >= 11 is 11.2. The van der Waals surface area contributed by atoms with Crippen molar-refractivity contribution in [2.24, 2.45) is 5.92 Å². The van der Waals surface area contributed by atoms with E-state index in [2.05, 4.69) is 0 Å². The third kappa shape index (κ3) is 5.33. The van der Waals surface area contributed by atoms with Gasteiger partial charge in [0.2, 0.25) is 0 Å². The Morgan fingerprint density at radius 1 is 1.30 bits per heavy atom. The Bertz CT molecular complexity index is 64.6. The van der Waals surface area contributed by atoms with Crippen molar-refractivity contribution >= 4 is 23.2 Å². The van der Waals surface area contributed by atoms with Gasteiger partial charge < -0.3 is 4.74 Å². The van der Waals surface area contributed by atoms with E-state index in [1.165, 1.54) is 0 Å². The molecule has 0 saturated carbocycles. The molecule has 3 heteroatoms. The summed E-state index contributed by atoms with van der Waals surface area (Å²) in [4.78, 5) is 0. The summed E-state index contributed by atoms with van der Waals surface area (Å²) in [6.45, 7) is 0.810. The van der Waals surface area contributed by atoms with Crippen molar-refractivity contribution in [2.75, 3.05) is 25.5 Å². The molecular formula is C7H14Cl2O. The summed E-state index contributed by atoms with van der Waals surface area (Å²) in [5.41, 5.74) is 0. The maximum atomic E-state index is 5.62. The highest BCUT2D eigenvalue weighted by Gasteiger charge is 2.03. The Labute approximate surface area is 72.6 Å². The van der Waals surface area contributed by atoms with Gasteiger partial charge in [0.05, 0.1) is 0 Å². The lowest BCUT2D eigenvalue weighted by molar-refractivity contribution is 0.189. The van der Waals surface area contributed by atoms with Crippen molar-refractivity contribution in [2.45, 2.75) is 12.8 Å². The average molecular weight is 185 g/mol. The lowest BCUT2D eigenvalue weighted by Gasteiger charge is -2.07. The predicted molar refractivity (Wildman–Crippen MR) is 46.0 cm³/mol. The van der Waals surface area contributed by atoms with E-state index < -0.39 is 0 Å². The SMILES string of the molecule is COCCCC(CCl)CCl. The van der Waals surface area contributed by atoms with Gasteiger partial charge in [-0.2, -0.15) is 0 Å². The second-order valence-corrected chi connectivity index (χ2v) is 2.93. The maximum absolute atomic E-state index is 5.62. The summed E-state index contributed by atoms with van der Waals surface area (Å²) in [6.07, 6.45) is 2.13. The normalized spacial score (nSPS) is 10.8. The van der Waals surface area contributed by atoms with Gasteiger partial charge >= 0.3 is 0 Å². The van der Waals surface area contributed by atoms with Gasteiger partial charge in [-0.05, 0) is 18.8 Å². The predicted octanol–water partition coefficient (Wildman–Crippen LogP) is 2.51. The fourth-order valence-corrected chi connectivity index (χ4v) is 1.35. The number of halogens is 2. The molecule has 0 spiro atoms. The van der Waals surface area contributed by atoms with Gasteiger partial charge in [-0.25, -0.2) is 0 Å². The van der Waals surface area contributed by atoms with Crippen LogP contribution in [0.2, 0.25) is 0 Å². The molecule has 0 aliphatic rings. The Balaban J connectivity index is 3.09. The van der Waals surface area contributed by atoms with Gasteiger partial charge in [0, 0.05) is 25.5 Å². The lowest BCUT2D eigenvalue weighted by Crippen LogP contribution is -2.05. The Morgan fingerprint density at radius 2 is 1.90 bits per heavy atom. The van der Waals surface area contributed by atoms with Crippen LogP contribution in [0.15, 0.2) is 0 Å². The maximum Gasteiger partial charge on any atom is 0.0462 e. The van der Waals surface area contributed by atoms with Crippen LogP contribution in [0, 0.1) is 5.92 Å². The molecule has 0 aromatic rings. The van der Waals surface area contributed by atoms with Gasteiger partial charge in [0.25, 0.3) is 0 Å². The second-order valence-electron chi connectivity index (χ2n) is 2.31. The molecule has 0 amide bonds. The minimum Gasteiger partial charge on any atom is -0.385 e. The zero-order valence-electron chi connectivity index (χ0n) is 6.28. The Hall–Kier alpha value is 0.540. The van der Waals surface area contributed by atoms with E-state index in [1.807, 2.05) is 0 Å². The highest BCUT2D eigenvalue weighted by Crippen LogP contribution is 2.10. The van der Waals surface area contributed by atoms with E-state index >= 15 is 0 Å². The Kier molecular flexibility index (Phi) is 8.06.